The lowest BCUT2D eigenvalue weighted by atomic mass is 9.97. The number of hydrogen-bond acceptors (Lipinski definition) is 3. The van der Waals surface area contributed by atoms with Gasteiger partial charge in [-0.3, -0.25) is 9.59 Å². The van der Waals surface area contributed by atoms with Crippen LogP contribution in [-0.2, 0) is 14.3 Å². The van der Waals surface area contributed by atoms with Crippen LogP contribution in [0.5, 0.6) is 0 Å². The summed E-state index contributed by atoms with van der Waals surface area (Å²) in [6.45, 7) is 1.36. The third-order valence-corrected chi connectivity index (χ3v) is 2.70. The van der Waals surface area contributed by atoms with E-state index in [1.165, 1.54) is 19.1 Å². The Morgan fingerprint density at radius 3 is 2.81 bits per heavy atom. The van der Waals surface area contributed by atoms with Gasteiger partial charge in [0.1, 0.15) is 23.6 Å². The number of rotatable bonds is 2. The minimum atomic E-state index is -0.701. The van der Waals surface area contributed by atoms with Crippen molar-refractivity contribution < 1.29 is 18.7 Å². The molecule has 1 heterocycles. The number of carbonyl (C=O) groups excluding carboxylic acids is 2. The summed E-state index contributed by atoms with van der Waals surface area (Å²) in [4.78, 5) is 22.5. The maximum absolute atomic E-state index is 13.0. The van der Waals surface area contributed by atoms with Crippen molar-refractivity contribution in [1.82, 2.24) is 0 Å². The summed E-state index contributed by atoms with van der Waals surface area (Å²) >= 11 is 0. The molecule has 2 rings (SSSR count). The van der Waals surface area contributed by atoms with E-state index in [4.69, 9.17) is 4.74 Å². The second-order valence-corrected chi connectivity index (χ2v) is 3.88. The predicted octanol–water partition coefficient (Wildman–Crippen LogP) is 2.02. The fourth-order valence-corrected chi connectivity index (χ4v) is 1.82. The summed E-state index contributed by atoms with van der Waals surface area (Å²) < 4.78 is 18.0. The number of hydrogen-bond donors (Lipinski definition) is 0. The van der Waals surface area contributed by atoms with Crippen molar-refractivity contribution in [2.45, 2.75) is 19.4 Å². The van der Waals surface area contributed by atoms with E-state index >= 15 is 0 Å². The van der Waals surface area contributed by atoms with E-state index in [1.54, 1.807) is 12.1 Å². The maximum atomic E-state index is 13.0. The van der Waals surface area contributed by atoms with E-state index in [1.807, 2.05) is 0 Å². The fraction of sp³-hybridized carbons (Fsp3) is 0.333. The maximum Gasteiger partial charge on any atom is 0.317 e. The topological polar surface area (TPSA) is 43.4 Å². The molecule has 0 amide bonds. The summed E-state index contributed by atoms with van der Waals surface area (Å²) in [5.41, 5.74) is 0.595. The van der Waals surface area contributed by atoms with Crippen molar-refractivity contribution in [3.8, 4) is 0 Å². The summed E-state index contributed by atoms with van der Waals surface area (Å²) in [7, 11) is 0. The first-order valence-corrected chi connectivity index (χ1v) is 5.04. The number of esters is 1. The molecular weight excluding hydrogens is 211 g/mol. The van der Waals surface area contributed by atoms with Crippen LogP contribution in [0.1, 0.15) is 25.0 Å². The molecule has 0 N–H and O–H groups in total. The van der Waals surface area contributed by atoms with Gasteiger partial charge in [0.25, 0.3) is 0 Å². The van der Waals surface area contributed by atoms with Gasteiger partial charge in [0, 0.05) is 6.42 Å². The van der Waals surface area contributed by atoms with Gasteiger partial charge < -0.3 is 4.74 Å². The van der Waals surface area contributed by atoms with Gasteiger partial charge in [0.05, 0.1) is 0 Å². The molecule has 0 spiro atoms. The minimum absolute atomic E-state index is 0.205. The average molecular weight is 222 g/mol. The molecule has 2 atom stereocenters. The number of Topliss-reactive ketones (excluding diaryl/α,β-unsaturated/α-hetero) is 1. The molecule has 2 unspecified atom stereocenters. The lowest BCUT2D eigenvalue weighted by molar-refractivity contribution is -0.146. The van der Waals surface area contributed by atoms with E-state index in [0.717, 1.165) is 0 Å². The van der Waals surface area contributed by atoms with Gasteiger partial charge >= 0.3 is 5.97 Å². The monoisotopic (exact) mass is 222 g/mol. The Labute approximate surface area is 92.2 Å². The Kier molecular flexibility index (Phi) is 2.73. The van der Waals surface area contributed by atoms with Gasteiger partial charge in [-0.05, 0) is 24.6 Å². The van der Waals surface area contributed by atoms with Crippen molar-refractivity contribution in [3.05, 3.63) is 35.6 Å². The van der Waals surface area contributed by atoms with Gasteiger partial charge in [-0.2, -0.15) is 0 Å². The quantitative estimate of drug-likeness (QED) is 0.568. The fourth-order valence-electron chi connectivity index (χ4n) is 1.82. The van der Waals surface area contributed by atoms with E-state index < -0.39 is 18.0 Å². The Morgan fingerprint density at radius 2 is 2.25 bits per heavy atom. The van der Waals surface area contributed by atoms with Crippen LogP contribution >= 0.6 is 0 Å². The van der Waals surface area contributed by atoms with E-state index in [9.17, 15) is 14.0 Å². The van der Waals surface area contributed by atoms with Crippen LogP contribution in [0, 0.1) is 11.7 Å². The molecule has 0 saturated carbocycles. The SMILES string of the molecule is CC(=O)C1CC(c2cccc(F)c2)OC1=O. The number of carbonyl (C=O) groups is 2. The molecule has 3 nitrogen and oxygen atoms in total. The average Bonchev–Trinajstić information content (AvgIpc) is 2.60. The Morgan fingerprint density at radius 1 is 1.50 bits per heavy atom. The highest BCUT2D eigenvalue weighted by atomic mass is 19.1. The van der Waals surface area contributed by atoms with Crippen molar-refractivity contribution in [3.63, 3.8) is 0 Å². The molecule has 0 bridgehead atoms. The Hall–Kier alpha value is -1.71. The van der Waals surface area contributed by atoms with Gasteiger partial charge in [-0.15, -0.1) is 0 Å². The van der Waals surface area contributed by atoms with Crippen LogP contribution in [0.15, 0.2) is 24.3 Å². The molecule has 1 saturated heterocycles. The molecule has 1 aliphatic rings. The van der Waals surface area contributed by atoms with Gasteiger partial charge in [0.2, 0.25) is 0 Å². The normalized spacial score (nSPS) is 24.2. The third kappa shape index (κ3) is 1.96. The highest BCUT2D eigenvalue weighted by Gasteiger charge is 2.38. The number of ketones is 1. The van der Waals surface area contributed by atoms with Gasteiger partial charge in [-0.25, -0.2) is 4.39 Å². The number of halogens is 1. The van der Waals surface area contributed by atoms with Crippen molar-refractivity contribution in [1.29, 1.82) is 0 Å². The van der Waals surface area contributed by atoms with Gasteiger partial charge in [-0.1, -0.05) is 12.1 Å². The number of benzene rings is 1. The zero-order chi connectivity index (χ0) is 11.7. The zero-order valence-electron chi connectivity index (χ0n) is 8.77. The van der Waals surface area contributed by atoms with Crippen LogP contribution in [0.4, 0.5) is 4.39 Å². The van der Waals surface area contributed by atoms with Crippen LogP contribution in [0.2, 0.25) is 0 Å². The highest BCUT2D eigenvalue weighted by Crippen LogP contribution is 2.33. The number of ether oxygens (including phenoxy) is 1. The highest BCUT2D eigenvalue weighted by molar-refractivity contribution is 5.98. The molecule has 1 fully saturated rings. The van der Waals surface area contributed by atoms with Crippen LogP contribution in [0.3, 0.4) is 0 Å². The zero-order valence-corrected chi connectivity index (χ0v) is 8.77. The largest absolute Gasteiger partial charge is 0.457 e. The summed E-state index contributed by atoms with van der Waals surface area (Å²) in [5.74, 6) is -1.79. The summed E-state index contributed by atoms with van der Waals surface area (Å²) in [5, 5.41) is 0. The molecule has 0 radical (unpaired) electrons. The van der Waals surface area contributed by atoms with Crippen LogP contribution in [-0.4, -0.2) is 11.8 Å². The van der Waals surface area contributed by atoms with E-state index in [2.05, 4.69) is 0 Å². The Balaban J connectivity index is 2.20. The number of cyclic esters (lactones) is 1. The molecule has 16 heavy (non-hydrogen) atoms. The lowest BCUT2D eigenvalue weighted by Crippen LogP contribution is -2.15. The standard InChI is InChI=1S/C12H11FO3/c1-7(14)10-6-11(16-12(10)15)8-3-2-4-9(13)5-8/h2-5,10-11H,6H2,1H3. The van der Waals surface area contributed by atoms with Crippen LogP contribution < -0.4 is 0 Å². The minimum Gasteiger partial charge on any atom is -0.457 e. The summed E-state index contributed by atoms with van der Waals surface area (Å²) in [6, 6.07) is 5.88. The molecule has 1 aromatic carbocycles. The first-order valence-electron chi connectivity index (χ1n) is 5.04. The third-order valence-electron chi connectivity index (χ3n) is 2.70. The van der Waals surface area contributed by atoms with Crippen LogP contribution in [0.25, 0.3) is 0 Å². The van der Waals surface area contributed by atoms with E-state index in [-0.39, 0.29) is 11.6 Å². The van der Waals surface area contributed by atoms with E-state index in [0.29, 0.717) is 12.0 Å². The molecule has 4 heteroatoms. The van der Waals surface area contributed by atoms with Gasteiger partial charge in [0.15, 0.2) is 0 Å². The first-order chi connectivity index (χ1) is 7.58. The molecular formula is C12H11FO3. The Bertz CT molecular complexity index is 442. The summed E-state index contributed by atoms with van der Waals surface area (Å²) in [6.07, 6.45) is -0.199. The molecule has 1 aromatic rings. The molecule has 1 aliphatic heterocycles. The van der Waals surface area contributed by atoms with Crippen molar-refractivity contribution >= 4 is 11.8 Å². The molecule has 0 aliphatic carbocycles. The molecule has 84 valence electrons. The predicted molar refractivity (Wildman–Crippen MR) is 54.0 cm³/mol. The van der Waals surface area contributed by atoms with Crippen molar-refractivity contribution in [2.75, 3.05) is 0 Å². The lowest BCUT2D eigenvalue weighted by Gasteiger charge is -2.08. The van der Waals surface area contributed by atoms with Crippen molar-refractivity contribution in [2.24, 2.45) is 5.92 Å². The first kappa shape index (κ1) is 10.8. The second kappa shape index (κ2) is 4.04. The second-order valence-electron chi connectivity index (χ2n) is 3.88. The molecule has 0 aromatic heterocycles. The smallest absolute Gasteiger partial charge is 0.317 e.